The summed E-state index contributed by atoms with van der Waals surface area (Å²) in [6.07, 6.45) is 0. The molecule has 0 aliphatic rings. The molecule has 0 aliphatic carbocycles. The number of carbonyl (C=O) groups is 1. The van der Waals surface area contributed by atoms with Crippen LogP contribution in [0, 0.1) is 0 Å². The van der Waals surface area contributed by atoms with Gasteiger partial charge in [0.05, 0.1) is 12.8 Å². The minimum Gasteiger partial charge on any atom is -0.496 e. The van der Waals surface area contributed by atoms with Crippen molar-refractivity contribution in [3.63, 3.8) is 0 Å². The molecule has 23 heavy (non-hydrogen) atoms. The van der Waals surface area contributed by atoms with E-state index in [1.165, 1.54) is 11.3 Å². The van der Waals surface area contributed by atoms with E-state index < -0.39 is 0 Å². The standard InChI is InChI=1S/C18H16N2O2S/c1-12(21)13-7-9-14(10-8-13)19-18-20-16(11-23-18)15-5-3-4-6-17(15)22-2/h3-11H,1-2H3,(H,19,20). The summed E-state index contributed by atoms with van der Waals surface area (Å²) < 4.78 is 5.38. The Bertz CT molecular complexity index is 825. The average Bonchev–Trinajstić information content (AvgIpc) is 3.03. The molecule has 5 heteroatoms. The van der Waals surface area contributed by atoms with Crippen molar-refractivity contribution in [3.05, 3.63) is 59.5 Å². The number of benzene rings is 2. The highest BCUT2D eigenvalue weighted by atomic mass is 32.1. The number of hydrogen-bond donors (Lipinski definition) is 1. The Hall–Kier alpha value is -2.66. The number of ether oxygens (including phenoxy) is 1. The Kier molecular flexibility index (Phi) is 4.39. The lowest BCUT2D eigenvalue weighted by Gasteiger charge is -2.05. The molecule has 3 rings (SSSR count). The summed E-state index contributed by atoms with van der Waals surface area (Å²) in [5.41, 5.74) is 3.43. The number of aromatic nitrogens is 1. The molecule has 0 bridgehead atoms. The molecule has 2 aromatic carbocycles. The van der Waals surface area contributed by atoms with Crippen molar-refractivity contribution in [3.8, 4) is 17.0 Å². The first-order valence-electron chi connectivity index (χ1n) is 7.14. The first-order valence-corrected chi connectivity index (χ1v) is 8.02. The predicted molar refractivity (Wildman–Crippen MR) is 93.8 cm³/mol. The molecule has 116 valence electrons. The smallest absolute Gasteiger partial charge is 0.187 e. The van der Waals surface area contributed by atoms with Gasteiger partial charge in [-0.1, -0.05) is 12.1 Å². The Morgan fingerprint density at radius 1 is 1.13 bits per heavy atom. The van der Waals surface area contributed by atoms with E-state index in [4.69, 9.17) is 4.74 Å². The fraction of sp³-hybridized carbons (Fsp3) is 0.111. The number of nitrogens with zero attached hydrogens (tertiary/aromatic N) is 1. The second-order valence-electron chi connectivity index (χ2n) is 5.00. The van der Waals surface area contributed by atoms with Gasteiger partial charge >= 0.3 is 0 Å². The van der Waals surface area contributed by atoms with Gasteiger partial charge < -0.3 is 10.1 Å². The maximum atomic E-state index is 11.3. The van der Waals surface area contributed by atoms with Gasteiger partial charge in [-0.25, -0.2) is 4.98 Å². The first-order chi connectivity index (χ1) is 11.2. The zero-order valence-corrected chi connectivity index (χ0v) is 13.7. The summed E-state index contributed by atoms with van der Waals surface area (Å²) in [4.78, 5) is 15.9. The molecule has 1 N–H and O–H groups in total. The van der Waals surface area contributed by atoms with Gasteiger partial charge in [-0.05, 0) is 43.3 Å². The van der Waals surface area contributed by atoms with Gasteiger partial charge in [-0.3, -0.25) is 4.79 Å². The van der Waals surface area contributed by atoms with Crippen LogP contribution in [-0.2, 0) is 0 Å². The van der Waals surface area contributed by atoms with E-state index in [9.17, 15) is 4.79 Å². The monoisotopic (exact) mass is 324 g/mol. The Labute approximate surface area is 138 Å². The molecule has 1 heterocycles. The maximum Gasteiger partial charge on any atom is 0.187 e. The van der Waals surface area contributed by atoms with Gasteiger partial charge in [0, 0.05) is 22.2 Å². The number of Topliss-reactive ketones (excluding diaryl/α,β-unsaturated/α-hetero) is 1. The zero-order chi connectivity index (χ0) is 16.2. The van der Waals surface area contributed by atoms with Crippen molar-refractivity contribution < 1.29 is 9.53 Å². The maximum absolute atomic E-state index is 11.3. The minimum atomic E-state index is 0.0595. The largest absolute Gasteiger partial charge is 0.496 e. The quantitative estimate of drug-likeness (QED) is 0.687. The number of methoxy groups -OCH3 is 1. The SMILES string of the molecule is COc1ccccc1-c1csc(Nc2ccc(C(C)=O)cc2)n1. The van der Waals surface area contributed by atoms with Gasteiger partial charge in [0.1, 0.15) is 5.75 Å². The van der Waals surface area contributed by atoms with Crippen molar-refractivity contribution in [2.24, 2.45) is 0 Å². The number of nitrogens with one attached hydrogen (secondary N) is 1. The molecule has 3 aromatic rings. The second kappa shape index (κ2) is 6.62. The molecule has 0 atom stereocenters. The minimum absolute atomic E-state index is 0.0595. The molecule has 0 aliphatic heterocycles. The molecular weight excluding hydrogens is 308 g/mol. The highest BCUT2D eigenvalue weighted by molar-refractivity contribution is 7.14. The van der Waals surface area contributed by atoms with E-state index in [-0.39, 0.29) is 5.78 Å². The molecule has 0 amide bonds. The normalized spacial score (nSPS) is 10.3. The number of rotatable bonds is 5. The molecule has 0 radical (unpaired) electrons. The van der Waals surface area contributed by atoms with Gasteiger partial charge in [0.2, 0.25) is 0 Å². The second-order valence-corrected chi connectivity index (χ2v) is 5.85. The lowest BCUT2D eigenvalue weighted by molar-refractivity contribution is 0.101. The number of thiazole rings is 1. The summed E-state index contributed by atoms with van der Waals surface area (Å²) in [5.74, 6) is 0.861. The van der Waals surface area contributed by atoms with E-state index in [0.29, 0.717) is 5.56 Å². The molecule has 1 aromatic heterocycles. The third-order valence-corrected chi connectivity index (χ3v) is 4.19. The van der Waals surface area contributed by atoms with Crippen LogP contribution in [0.15, 0.2) is 53.9 Å². The van der Waals surface area contributed by atoms with Crippen LogP contribution in [-0.4, -0.2) is 17.9 Å². The number of hydrogen-bond acceptors (Lipinski definition) is 5. The Morgan fingerprint density at radius 3 is 2.57 bits per heavy atom. The summed E-state index contributed by atoms with van der Waals surface area (Å²) >= 11 is 1.52. The van der Waals surface area contributed by atoms with Gasteiger partial charge in [0.25, 0.3) is 0 Å². The van der Waals surface area contributed by atoms with E-state index in [1.807, 2.05) is 41.8 Å². The number of para-hydroxylation sites is 1. The fourth-order valence-electron chi connectivity index (χ4n) is 2.22. The van der Waals surface area contributed by atoms with E-state index >= 15 is 0 Å². The van der Waals surface area contributed by atoms with Crippen LogP contribution in [0.2, 0.25) is 0 Å². The lowest BCUT2D eigenvalue weighted by atomic mass is 10.1. The van der Waals surface area contributed by atoms with Crippen molar-refractivity contribution in [2.45, 2.75) is 6.92 Å². The van der Waals surface area contributed by atoms with E-state index in [2.05, 4.69) is 10.3 Å². The topological polar surface area (TPSA) is 51.2 Å². The number of carbonyl (C=O) groups excluding carboxylic acids is 1. The molecule has 0 saturated heterocycles. The summed E-state index contributed by atoms with van der Waals surface area (Å²) in [7, 11) is 1.65. The highest BCUT2D eigenvalue weighted by Gasteiger charge is 2.09. The summed E-state index contributed by atoms with van der Waals surface area (Å²) in [6.45, 7) is 1.56. The van der Waals surface area contributed by atoms with E-state index in [0.717, 1.165) is 27.8 Å². The number of anilines is 2. The average molecular weight is 324 g/mol. The van der Waals surface area contributed by atoms with Crippen LogP contribution in [0.4, 0.5) is 10.8 Å². The lowest BCUT2D eigenvalue weighted by Crippen LogP contribution is -1.94. The van der Waals surface area contributed by atoms with Crippen LogP contribution in [0.3, 0.4) is 0 Å². The molecule has 0 saturated carbocycles. The molecule has 0 fully saturated rings. The van der Waals surface area contributed by atoms with Crippen molar-refractivity contribution in [1.29, 1.82) is 0 Å². The molecule has 0 spiro atoms. The van der Waals surface area contributed by atoms with Crippen LogP contribution in [0.25, 0.3) is 11.3 Å². The third kappa shape index (κ3) is 3.40. The molecular formula is C18H16N2O2S. The van der Waals surface area contributed by atoms with Gasteiger partial charge in [-0.15, -0.1) is 11.3 Å². The molecule has 4 nitrogen and oxygen atoms in total. The van der Waals surface area contributed by atoms with Crippen LogP contribution < -0.4 is 10.1 Å². The van der Waals surface area contributed by atoms with Gasteiger partial charge in [-0.2, -0.15) is 0 Å². The zero-order valence-electron chi connectivity index (χ0n) is 12.9. The number of ketones is 1. The molecule has 0 unspecified atom stereocenters. The first kappa shape index (κ1) is 15.2. The summed E-state index contributed by atoms with van der Waals surface area (Å²) in [5, 5.41) is 6.04. The van der Waals surface area contributed by atoms with E-state index in [1.54, 1.807) is 26.2 Å². The highest BCUT2D eigenvalue weighted by Crippen LogP contribution is 2.32. The Morgan fingerprint density at radius 2 is 1.87 bits per heavy atom. The fourth-order valence-corrected chi connectivity index (χ4v) is 2.95. The van der Waals surface area contributed by atoms with Crippen molar-refractivity contribution in [2.75, 3.05) is 12.4 Å². The van der Waals surface area contributed by atoms with Crippen LogP contribution >= 0.6 is 11.3 Å². The van der Waals surface area contributed by atoms with Crippen LogP contribution in [0.5, 0.6) is 5.75 Å². The Balaban J connectivity index is 1.80. The summed E-state index contributed by atoms with van der Waals surface area (Å²) in [6, 6.07) is 15.2. The van der Waals surface area contributed by atoms with Crippen molar-refractivity contribution in [1.82, 2.24) is 4.98 Å². The van der Waals surface area contributed by atoms with Crippen molar-refractivity contribution >= 4 is 27.9 Å². The predicted octanol–water partition coefficient (Wildman–Crippen LogP) is 4.76. The van der Waals surface area contributed by atoms with Crippen LogP contribution in [0.1, 0.15) is 17.3 Å². The third-order valence-electron chi connectivity index (χ3n) is 3.43. The van der Waals surface area contributed by atoms with Gasteiger partial charge in [0.15, 0.2) is 10.9 Å².